The fourth-order valence-corrected chi connectivity index (χ4v) is 3.85. The van der Waals surface area contributed by atoms with Crippen LogP contribution in [0.3, 0.4) is 0 Å². The first-order valence-corrected chi connectivity index (χ1v) is 15.5. The Labute approximate surface area is 253 Å². The van der Waals surface area contributed by atoms with Crippen molar-refractivity contribution in [2.45, 2.75) is 51.9 Å². The van der Waals surface area contributed by atoms with E-state index in [1.165, 1.54) is 20.8 Å². The van der Waals surface area contributed by atoms with E-state index in [4.69, 9.17) is 9.47 Å². The monoisotopic (exact) mass is 729 g/mol. The third kappa shape index (κ3) is 18.2. The van der Waals surface area contributed by atoms with Gasteiger partial charge in [-0.15, -0.1) is 0 Å². The lowest BCUT2D eigenvalue weighted by atomic mass is 9.92. The van der Waals surface area contributed by atoms with Gasteiger partial charge in [-0.3, -0.25) is 8.37 Å². The van der Waals surface area contributed by atoms with Crippen LogP contribution in [0.4, 0.5) is 43.9 Å². The smallest absolute Gasteiger partial charge is 0.455 e. The molecule has 0 saturated carbocycles. The maximum Gasteiger partial charge on any atom is 0.455 e. The van der Waals surface area contributed by atoms with Crippen molar-refractivity contribution >= 4 is 20.5 Å². The first-order chi connectivity index (χ1) is 19.7. The van der Waals surface area contributed by atoms with Gasteiger partial charge in [0.15, 0.2) is 0 Å². The zero-order chi connectivity index (χ0) is 35.8. The van der Waals surface area contributed by atoms with Crippen molar-refractivity contribution in [1.29, 1.82) is 0 Å². The Balaban J connectivity index is 5.31. The van der Waals surface area contributed by atoms with Gasteiger partial charge in [0, 0.05) is 16.2 Å². The highest BCUT2D eigenvalue weighted by Crippen LogP contribution is 2.37. The van der Waals surface area contributed by atoms with Crippen LogP contribution in [-0.4, -0.2) is 118 Å². The largest absolute Gasteiger partial charge is 0.726 e. The van der Waals surface area contributed by atoms with E-state index in [-0.39, 0.29) is 13.2 Å². The van der Waals surface area contributed by atoms with Gasteiger partial charge in [-0.05, 0) is 0 Å². The molecule has 0 aliphatic heterocycles. The van der Waals surface area contributed by atoms with Crippen molar-refractivity contribution in [3.05, 3.63) is 0 Å². The summed E-state index contributed by atoms with van der Waals surface area (Å²) in [6.45, 7) is -4.15. The van der Waals surface area contributed by atoms with Crippen LogP contribution >= 0.6 is 0 Å². The Kier molecular flexibility index (Phi) is 15.5. The van der Waals surface area contributed by atoms with Gasteiger partial charge in [-0.1, -0.05) is 27.7 Å². The predicted octanol–water partition coefficient (Wildman–Crippen LogP) is 3.94. The Morgan fingerprint density at radius 2 is 0.778 bits per heavy atom. The summed E-state index contributed by atoms with van der Waals surface area (Å²) >= 11 is 0. The van der Waals surface area contributed by atoms with Crippen molar-refractivity contribution in [3.63, 3.8) is 0 Å². The molecule has 0 aliphatic carbocycles. The average molecular weight is 730 g/mol. The fraction of sp³-hybridized carbons (Fsp3) is 1.00. The number of hydrogen-bond donors (Lipinski definition) is 0. The molecule has 0 N–H and O–H groups in total. The van der Waals surface area contributed by atoms with E-state index in [2.05, 4.69) is 17.8 Å². The van der Waals surface area contributed by atoms with Crippen LogP contribution in [0.1, 0.15) is 27.7 Å². The maximum absolute atomic E-state index is 13.2. The average Bonchev–Trinajstić information content (AvgIpc) is 2.79. The van der Waals surface area contributed by atoms with Gasteiger partial charge in [-0.25, -0.2) is 8.42 Å². The van der Waals surface area contributed by atoms with Gasteiger partial charge in [0.25, 0.3) is 10.1 Å². The van der Waals surface area contributed by atoms with E-state index in [0.717, 1.165) is 6.92 Å². The van der Waals surface area contributed by atoms with Gasteiger partial charge in [-0.2, -0.15) is 52.3 Å². The highest BCUT2D eigenvalue weighted by Gasteiger charge is 2.58. The Morgan fingerprint density at radius 1 is 0.489 bits per heavy atom. The topological polar surface area (TPSA) is 147 Å². The highest BCUT2D eigenvalue weighted by atomic mass is 32.3. The first-order valence-electron chi connectivity index (χ1n) is 12.4. The van der Waals surface area contributed by atoms with Crippen LogP contribution in [0.15, 0.2) is 0 Å². The molecular formula is C22H35F10O11S2-. The van der Waals surface area contributed by atoms with Crippen molar-refractivity contribution in [2.75, 3.05) is 72.3 Å². The number of hydrogen-bond acceptors (Lipinski definition) is 11. The third-order valence-electron chi connectivity index (χ3n) is 5.36. The molecule has 0 spiro atoms. The number of alkyl halides is 10. The molecule has 0 heterocycles. The Morgan fingerprint density at radius 3 is 1.04 bits per heavy atom. The molecule has 0 amide bonds. The highest BCUT2D eigenvalue weighted by molar-refractivity contribution is 7.86. The summed E-state index contributed by atoms with van der Waals surface area (Å²) in [6.07, 6.45) is -11.2. The number of halogens is 10. The Hall–Kier alpha value is -1.08. The molecule has 0 rings (SSSR count). The van der Waals surface area contributed by atoms with Gasteiger partial charge in [0.1, 0.15) is 13.2 Å². The van der Waals surface area contributed by atoms with Gasteiger partial charge in [0.2, 0.25) is 10.4 Å². The minimum absolute atomic E-state index is 0.267. The summed E-state index contributed by atoms with van der Waals surface area (Å²) in [5.41, 5.74) is -4.32. The number of ether oxygens (including phenoxy) is 4. The zero-order valence-electron chi connectivity index (χ0n) is 24.7. The van der Waals surface area contributed by atoms with Crippen LogP contribution in [-0.2, 0) is 47.8 Å². The summed E-state index contributed by atoms with van der Waals surface area (Å²) in [6, 6.07) is 0. The summed E-state index contributed by atoms with van der Waals surface area (Å²) in [4.78, 5) is 0. The van der Waals surface area contributed by atoms with Crippen molar-refractivity contribution in [3.8, 4) is 0 Å². The van der Waals surface area contributed by atoms with E-state index in [1.54, 1.807) is 0 Å². The quantitative estimate of drug-likeness (QED) is 0.0691. The molecule has 2 atom stereocenters. The van der Waals surface area contributed by atoms with E-state index in [9.17, 15) is 65.3 Å². The minimum atomic E-state index is -5.94. The molecule has 0 aliphatic rings. The molecule has 0 aromatic carbocycles. The second kappa shape index (κ2) is 15.9. The summed E-state index contributed by atoms with van der Waals surface area (Å²) in [5.74, 6) is -10.4. The van der Waals surface area contributed by atoms with Crippen LogP contribution in [0.25, 0.3) is 0 Å². The molecular weight excluding hydrogens is 694 g/mol. The van der Waals surface area contributed by atoms with Crippen LogP contribution in [0.2, 0.25) is 0 Å². The molecule has 0 aromatic heterocycles. The van der Waals surface area contributed by atoms with Crippen LogP contribution in [0.5, 0.6) is 0 Å². The van der Waals surface area contributed by atoms with Crippen LogP contribution < -0.4 is 0 Å². The summed E-state index contributed by atoms with van der Waals surface area (Å²) < 4.78 is 211. The zero-order valence-corrected chi connectivity index (χ0v) is 26.3. The van der Waals surface area contributed by atoms with Crippen LogP contribution in [0, 0.1) is 16.2 Å². The summed E-state index contributed by atoms with van der Waals surface area (Å²) in [7, 11) is -9.40. The van der Waals surface area contributed by atoms with E-state index >= 15 is 0 Å². The van der Waals surface area contributed by atoms with Crippen molar-refractivity contribution in [2.24, 2.45) is 16.2 Å². The molecule has 23 heteroatoms. The Bertz CT molecular complexity index is 1040. The lowest BCUT2D eigenvalue weighted by Crippen LogP contribution is -2.43. The molecule has 0 radical (unpaired) electrons. The van der Waals surface area contributed by atoms with Crippen molar-refractivity contribution < 1.29 is 92.6 Å². The second-order valence-corrected chi connectivity index (χ2v) is 14.5. The lowest BCUT2D eigenvalue weighted by Gasteiger charge is -2.33. The molecule has 0 saturated heterocycles. The van der Waals surface area contributed by atoms with E-state index in [0.29, 0.717) is 6.26 Å². The number of rotatable bonds is 22. The lowest BCUT2D eigenvalue weighted by molar-refractivity contribution is -0.298. The van der Waals surface area contributed by atoms with Gasteiger partial charge >= 0.3 is 24.2 Å². The SMILES string of the molecule is CC(C)(COCC(C)(COCC(F)(F)C(F)(F)F)COS(C)(=O)=O)COCC(C)(COCC(F)(F)C(F)(F)F)COS(=O)(=O)[O-]. The molecule has 11 nitrogen and oxygen atoms in total. The molecule has 45 heavy (non-hydrogen) atoms. The first kappa shape index (κ1) is 43.9. The summed E-state index contributed by atoms with van der Waals surface area (Å²) in [5, 5.41) is 0. The normalized spacial score (nSPS) is 17.2. The molecule has 272 valence electrons. The molecule has 0 aromatic rings. The standard InChI is InChI=1S/C22H36F10O11S2/c1-16(2,6-38-8-17(3,12-42-44(5,33)34)10-40-14-19(23,24)21(27,28)29)7-39-9-18(4,13-43-45(35,36)37)11-41-15-20(25,26)22(30,31)32/h6-15H2,1-5H3,(H,35,36,37)/p-1. The second-order valence-electron chi connectivity index (χ2n) is 11.8. The van der Waals surface area contributed by atoms with Crippen molar-refractivity contribution in [1.82, 2.24) is 0 Å². The maximum atomic E-state index is 13.2. The molecule has 0 fully saturated rings. The predicted molar refractivity (Wildman–Crippen MR) is 132 cm³/mol. The molecule has 2 unspecified atom stereocenters. The molecule has 0 bridgehead atoms. The van der Waals surface area contributed by atoms with E-state index < -0.39 is 114 Å². The van der Waals surface area contributed by atoms with E-state index in [1.807, 2.05) is 0 Å². The minimum Gasteiger partial charge on any atom is -0.726 e. The van der Waals surface area contributed by atoms with Gasteiger partial charge in [0.05, 0.1) is 59.1 Å². The third-order valence-corrected chi connectivity index (χ3v) is 6.31. The van der Waals surface area contributed by atoms with Gasteiger partial charge < -0.3 is 23.5 Å². The fourth-order valence-electron chi connectivity index (χ4n) is 2.92.